The Labute approximate surface area is 81.5 Å². The second-order valence-electron chi connectivity index (χ2n) is 4.97. The molecule has 2 fully saturated rings. The van der Waals surface area contributed by atoms with Gasteiger partial charge in [0.2, 0.25) is 0 Å². The summed E-state index contributed by atoms with van der Waals surface area (Å²) in [5, 5.41) is 10.7. The molecule has 0 amide bonds. The van der Waals surface area contributed by atoms with Gasteiger partial charge in [-0.3, -0.25) is 0 Å². The summed E-state index contributed by atoms with van der Waals surface area (Å²) in [5.41, 5.74) is -0.259. The van der Waals surface area contributed by atoms with Gasteiger partial charge in [0.05, 0.1) is 5.60 Å². The van der Waals surface area contributed by atoms with E-state index in [4.69, 9.17) is 0 Å². The number of hydrogen-bond acceptors (Lipinski definition) is 1. The van der Waals surface area contributed by atoms with Gasteiger partial charge in [-0.2, -0.15) is 0 Å². The van der Waals surface area contributed by atoms with Gasteiger partial charge < -0.3 is 5.11 Å². The number of aliphatic hydroxyl groups is 1. The van der Waals surface area contributed by atoms with Crippen LogP contribution >= 0.6 is 0 Å². The molecule has 2 aliphatic carbocycles. The second-order valence-corrected chi connectivity index (χ2v) is 4.97. The molecule has 2 aliphatic rings. The average molecular weight is 182 g/mol. The van der Waals surface area contributed by atoms with Gasteiger partial charge in [0.25, 0.3) is 0 Å². The molecular weight excluding hydrogens is 160 g/mol. The van der Waals surface area contributed by atoms with E-state index < -0.39 is 0 Å². The minimum atomic E-state index is -0.259. The van der Waals surface area contributed by atoms with Gasteiger partial charge in [0.1, 0.15) is 0 Å². The molecule has 0 saturated heterocycles. The van der Waals surface area contributed by atoms with Crippen LogP contribution in [-0.2, 0) is 0 Å². The maximum atomic E-state index is 10.7. The smallest absolute Gasteiger partial charge is 0.0703 e. The highest BCUT2D eigenvalue weighted by Gasteiger charge is 2.46. The lowest BCUT2D eigenvalue weighted by Crippen LogP contribution is -2.49. The van der Waals surface area contributed by atoms with Crippen LogP contribution in [0.1, 0.15) is 58.3 Å². The van der Waals surface area contributed by atoms with Crippen molar-refractivity contribution in [2.45, 2.75) is 63.9 Å². The zero-order chi connectivity index (χ0) is 9.31. The highest BCUT2D eigenvalue weighted by Crippen LogP contribution is 2.48. The van der Waals surface area contributed by atoms with Gasteiger partial charge in [-0.25, -0.2) is 0 Å². The lowest BCUT2D eigenvalue weighted by atomic mass is 9.61. The fourth-order valence-electron chi connectivity index (χ4n) is 3.26. The quantitative estimate of drug-likeness (QED) is 0.695. The molecule has 0 aromatic heterocycles. The summed E-state index contributed by atoms with van der Waals surface area (Å²) >= 11 is 0. The summed E-state index contributed by atoms with van der Waals surface area (Å²) < 4.78 is 0. The molecule has 1 N–H and O–H groups in total. The van der Waals surface area contributed by atoms with Crippen LogP contribution in [0.3, 0.4) is 0 Å². The van der Waals surface area contributed by atoms with E-state index in [0.29, 0.717) is 11.8 Å². The first-order valence-corrected chi connectivity index (χ1v) is 5.99. The van der Waals surface area contributed by atoms with Crippen LogP contribution in [-0.4, -0.2) is 10.7 Å². The maximum Gasteiger partial charge on any atom is 0.0703 e. The van der Waals surface area contributed by atoms with E-state index in [-0.39, 0.29) is 5.60 Å². The second kappa shape index (κ2) is 3.61. The summed E-state index contributed by atoms with van der Waals surface area (Å²) in [6.07, 6.45) is 10.0. The molecule has 13 heavy (non-hydrogen) atoms. The molecule has 2 atom stereocenters. The van der Waals surface area contributed by atoms with Gasteiger partial charge in [0, 0.05) is 0 Å². The van der Waals surface area contributed by atoms with Gasteiger partial charge >= 0.3 is 0 Å². The topological polar surface area (TPSA) is 20.2 Å². The van der Waals surface area contributed by atoms with Crippen LogP contribution in [0.15, 0.2) is 0 Å². The average Bonchev–Trinajstić information content (AvgIpc) is 2.01. The molecule has 0 heterocycles. The Morgan fingerprint density at radius 2 is 1.92 bits per heavy atom. The Hall–Kier alpha value is -0.0400. The minimum Gasteiger partial charge on any atom is -0.389 e. The van der Waals surface area contributed by atoms with Crippen LogP contribution in [0.2, 0.25) is 0 Å². The van der Waals surface area contributed by atoms with E-state index in [9.17, 15) is 5.11 Å². The Morgan fingerprint density at radius 3 is 2.46 bits per heavy atom. The van der Waals surface area contributed by atoms with E-state index >= 15 is 0 Å². The molecule has 2 rings (SSSR count). The van der Waals surface area contributed by atoms with E-state index in [0.717, 1.165) is 6.42 Å². The molecule has 0 radical (unpaired) electrons. The van der Waals surface area contributed by atoms with Crippen molar-refractivity contribution in [3.05, 3.63) is 0 Å². The Kier molecular flexibility index (Phi) is 2.64. The van der Waals surface area contributed by atoms with Crippen LogP contribution in [0.25, 0.3) is 0 Å². The van der Waals surface area contributed by atoms with E-state index in [1.165, 1.54) is 44.9 Å². The van der Waals surface area contributed by atoms with Crippen molar-refractivity contribution in [3.8, 4) is 0 Å². The maximum absolute atomic E-state index is 10.7. The molecule has 0 aromatic carbocycles. The van der Waals surface area contributed by atoms with Crippen molar-refractivity contribution >= 4 is 0 Å². The largest absolute Gasteiger partial charge is 0.389 e. The third kappa shape index (κ3) is 1.52. The van der Waals surface area contributed by atoms with Crippen molar-refractivity contribution < 1.29 is 5.11 Å². The first-order chi connectivity index (χ1) is 6.27. The van der Waals surface area contributed by atoms with Gasteiger partial charge in [-0.15, -0.1) is 0 Å². The molecule has 0 bridgehead atoms. The Bertz CT molecular complexity index is 174. The van der Waals surface area contributed by atoms with Gasteiger partial charge in [0.15, 0.2) is 0 Å². The Balaban J connectivity index is 2.06. The highest BCUT2D eigenvalue weighted by atomic mass is 16.3. The minimum absolute atomic E-state index is 0.259. The lowest BCUT2D eigenvalue weighted by molar-refractivity contribution is -0.119. The monoisotopic (exact) mass is 182 g/mol. The van der Waals surface area contributed by atoms with Crippen LogP contribution < -0.4 is 0 Å². The lowest BCUT2D eigenvalue weighted by Gasteiger charge is -2.49. The predicted molar refractivity (Wildman–Crippen MR) is 54.5 cm³/mol. The fraction of sp³-hybridized carbons (Fsp3) is 1.00. The van der Waals surface area contributed by atoms with Crippen LogP contribution in [0.4, 0.5) is 0 Å². The molecule has 0 spiro atoms. The zero-order valence-electron chi connectivity index (χ0n) is 8.76. The molecule has 0 aliphatic heterocycles. The van der Waals surface area contributed by atoms with Gasteiger partial charge in [-0.05, 0) is 37.5 Å². The van der Waals surface area contributed by atoms with Crippen molar-refractivity contribution in [1.82, 2.24) is 0 Å². The van der Waals surface area contributed by atoms with Crippen molar-refractivity contribution in [2.24, 2.45) is 11.8 Å². The Morgan fingerprint density at radius 1 is 1.15 bits per heavy atom. The molecule has 0 aromatic rings. The standard InChI is InChI=1S/C12H22O/c1-2-10-6-3-4-9-12(10,13)11-7-5-8-11/h10-11,13H,2-9H2,1H3. The first-order valence-electron chi connectivity index (χ1n) is 5.99. The zero-order valence-corrected chi connectivity index (χ0v) is 8.76. The summed E-state index contributed by atoms with van der Waals surface area (Å²) in [6.45, 7) is 2.24. The number of rotatable bonds is 2. The summed E-state index contributed by atoms with van der Waals surface area (Å²) in [4.78, 5) is 0. The summed E-state index contributed by atoms with van der Waals surface area (Å²) in [7, 11) is 0. The van der Waals surface area contributed by atoms with Crippen molar-refractivity contribution in [1.29, 1.82) is 0 Å². The van der Waals surface area contributed by atoms with Crippen LogP contribution in [0.5, 0.6) is 0 Å². The molecule has 2 saturated carbocycles. The highest BCUT2D eigenvalue weighted by molar-refractivity contribution is 4.97. The molecule has 76 valence electrons. The van der Waals surface area contributed by atoms with Crippen molar-refractivity contribution in [2.75, 3.05) is 0 Å². The fourth-order valence-corrected chi connectivity index (χ4v) is 3.26. The molecule has 1 nitrogen and oxygen atoms in total. The third-order valence-electron chi connectivity index (χ3n) is 4.39. The number of hydrogen-bond donors (Lipinski definition) is 1. The van der Waals surface area contributed by atoms with Crippen LogP contribution in [0, 0.1) is 11.8 Å². The molecular formula is C12H22O. The van der Waals surface area contributed by atoms with Crippen molar-refractivity contribution in [3.63, 3.8) is 0 Å². The van der Waals surface area contributed by atoms with E-state index in [1.54, 1.807) is 0 Å². The third-order valence-corrected chi connectivity index (χ3v) is 4.39. The van der Waals surface area contributed by atoms with Gasteiger partial charge in [-0.1, -0.05) is 32.6 Å². The molecule has 1 heteroatoms. The van der Waals surface area contributed by atoms with E-state index in [1.807, 2.05) is 0 Å². The first kappa shape index (κ1) is 9.51. The normalized spacial score (nSPS) is 41.5. The summed E-state index contributed by atoms with van der Waals surface area (Å²) in [6, 6.07) is 0. The predicted octanol–water partition coefficient (Wildman–Crippen LogP) is 3.12. The summed E-state index contributed by atoms with van der Waals surface area (Å²) in [5.74, 6) is 1.25. The molecule has 2 unspecified atom stereocenters. The SMILES string of the molecule is CCC1CCCCC1(O)C1CCC1. The van der Waals surface area contributed by atoms with E-state index in [2.05, 4.69) is 6.92 Å².